The lowest BCUT2D eigenvalue weighted by Gasteiger charge is -2.33. The second-order valence-corrected chi connectivity index (χ2v) is 7.33. The molecule has 0 atom stereocenters. The number of hydrogen-bond donors (Lipinski definition) is 0. The first-order valence-electron chi connectivity index (χ1n) is 7.26. The van der Waals surface area contributed by atoms with Gasteiger partial charge in [-0.1, -0.05) is 66.2 Å². The summed E-state index contributed by atoms with van der Waals surface area (Å²) in [4.78, 5) is 0. The van der Waals surface area contributed by atoms with Crippen LogP contribution in [-0.2, 0) is 11.8 Å². The predicted octanol–water partition coefficient (Wildman–Crippen LogP) is 5.54. The predicted molar refractivity (Wildman–Crippen MR) is 81.0 cm³/mol. The van der Waals surface area contributed by atoms with Gasteiger partial charge in [0.2, 0.25) is 0 Å². The summed E-state index contributed by atoms with van der Waals surface area (Å²) in [6, 6.07) is 10.2. The van der Waals surface area contributed by atoms with Crippen LogP contribution in [0.15, 0.2) is 18.2 Å². The molecule has 0 heterocycles. The first-order chi connectivity index (χ1) is 8.24. The third-order valence-corrected chi connectivity index (χ3v) is 3.43. The van der Waals surface area contributed by atoms with E-state index < -0.39 is 0 Å². The number of aryl methyl sites for hydroxylation is 1. The average Bonchev–Trinajstić information content (AvgIpc) is 2.23. The smallest absolute Gasteiger partial charge is 0.00984 e. The molecule has 0 bridgehead atoms. The van der Waals surface area contributed by atoms with E-state index in [0.717, 1.165) is 6.42 Å². The molecule has 0 fully saturated rings. The highest BCUT2D eigenvalue weighted by atomic mass is 14.3. The van der Waals surface area contributed by atoms with Gasteiger partial charge < -0.3 is 0 Å². The van der Waals surface area contributed by atoms with E-state index in [4.69, 9.17) is 0 Å². The van der Waals surface area contributed by atoms with Crippen LogP contribution in [0.1, 0.15) is 71.9 Å². The minimum Gasteiger partial charge on any atom is -0.0654 e. The topological polar surface area (TPSA) is 0 Å². The number of rotatable bonds is 5. The van der Waals surface area contributed by atoms with Crippen molar-refractivity contribution in [2.75, 3.05) is 0 Å². The van der Waals surface area contributed by atoms with Crippen molar-refractivity contribution < 1.29 is 0 Å². The maximum atomic E-state index is 3.46. The average molecular weight is 245 g/mol. The van der Waals surface area contributed by atoms with Crippen LogP contribution in [0.4, 0.5) is 0 Å². The number of hydrogen-bond acceptors (Lipinski definition) is 0. The molecule has 18 heavy (non-hydrogen) atoms. The quantitative estimate of drug-likeness (QED) is 0.638. The maximum absolute atomic E-state index is 3.46. The minimum absolute atomic E-state index is 0.234. The first-order valence-corrected chi connectivity index (χ1v) is 7.26. The fraction of sp³-hybridized carbons (Fsp3) is 0.667. The molecular weight excluding hydrogens is 216 g/mol. The van der Waals surface area contributed by atoms with E-state index in [0.29, 0.717) is 5.41 Å². The van der Waals surface area contributed by atoms with Crippen molar-refractivity contribution in [2.24, 2.45) is 5.41 Å². The van der Waals surface area contributed by atoms with Gasteiger partial charge in [-0.25, -0.2) is 0 Å². The zero-order chi connectivity index (χ0) is 13.8. The second-order valence-electron chi connectivity index (χ2n) is 7.33. The molecule has 0 N–H and O–H groups in total. The lowest BCUT2D eigenvalue weighted by Crippen LogP contribution is -2.24. The van der Waals surface area contributed by atoms with Gasteiger partial charge in [0, 0.05) is 0 Å². The van der Waals surface area contributed by atoms with Crippen molar-refractivity contribution in [1.82, 2.24) is 0 Å². The second kappa shape index (κ2) is 5.91. The summed E-state index contributed by atoms with van der Waals surface area (Å²) < 4.78 is 0. The standard InChI is InChI=1S/C18H29/c1-7-8-9-15-10-12-16(13-11-15)18(5,6)14-17(2,3)4/h10,12-13H,7-9,14H2,1-6H3. The van der Waals surface area contributed by atoms with Gasteiger partial charge in [-0.15, -0.1) is 0 Å². The molecule has 1 aromatic carbocycles. The van der Waals surface area contributed by atoms with Crippen LogP contribution >= 0.6 is 0 Å². The van der Waals surface area contributed by atoms with Crippen molar-refractivity contribution in [3.8, 4) is 0 Å². The van der Waals surface area contributed by atoms with Crippen LogP contribution in [-0.4, -0.2) is 0 Å². The Morgan fingerprint density at radius 1 is 1.06 bits per heavy atom. The van der Waals surface area contributed by atoms with E-state index in [2.05, 4.69) is 65.8 Å². The maximum Gasteiger partial charge on any atom is -0.00984 e. The summed E-state index contributed by atoms with van der Waals surface area (Å²) in [5.41, 5.74) is 3.37. The third kappa shape index (κ3) is 4.84. The Hall–Kier alpha value is -0.780. The summed E-state index contributed by atoms with van der Waals surface area (Å²) in [6.07, 6.45) is 4.88. The molecule has 0 aromatic heterocycles. The molecule has 0 aliphatic heterocycles. The SMILES string of the molecule is CCCCc1[c]cc(C(C)(C)CC(C)(C)C)cc1. The van der Waals surface area contributed by atoms with E-state index in [1.165, 1.54) is 30.4 Å². The fourth-order valence-electron chi connectivity index (χ4n) is 2.83. The summed E-state index contributed by atoms with van der Waals surface area (Å²) in [7, 11) is 0. The molecule has 1 rings (SSSR count). The molecule has 1 radical (unpaired) electrons. The van der Waals surface area contributed by atoms with Crippen molar-refractivity contribution >= 4 is 0 Å². The summed E-state index contributed by atoms with van der Waals surface area (Å²) in [6.45, 7) is 13.9. The third-order valence-electron chi connectivity index (χ3n) is 3.43. The van der Waals surface area contributed by atoms with E-state index in [9.17, 15) is 0 Å². The van der Waals surface area contributed by atoms with E-state index >= 15 is 0 Å². The Labute approximate surface area is 114 Å². The van der Waals surface area contributed by atoms with Gasteiger partial charge in [0.25, 0.3) is 0 Å². The van der Waals surface area contributed by atoms with Crippen LogP contribution in [0.2, 0.25) is 0 Å². The molecule has 0 spiro atoms. The zero-order valence-corrected chi connectivity index (χ0v) is 13.1. The van der Waals surface area contributed by atoms with Gasteiger partial charge in [0.15, 0.2) is 0 Å². The molecule has 0 aliphatic rings. The van der Waals surface area contributed by atoms with Crippen LogP contribution in [0.25, 0.3) is 0 Å². The highest BCUT2D eigenvalue weighted by Gasteiger charge is 2.26. The molecule has 101 valence electrons. The van der Waals surface area contributed by atoms with Crippen molar-refractivity contribution in [3.05, 3.63) is 35.4 Å². The molecule has 0 amide bonds. The van der Waals surface area contributed by atoms with Crippen molar-refractivity contribution in [1.29, 1.82) is 0 Å². The highest BCUT2D eigenvalue weighted by molar-refractivity contribution is 5.27. The Morgan fingerprint density at radius 3 is 2.17 bits per heavy atom. The van der Waals surface area contributed by atoms with Crippen molar-refractivity contribution in [3.63, 3.8) is 0 Å². The Bertz CT molecular complexity index is 349. The molecule has 1 aromatic rings. The number of unbranched alkanes of at least 4 members (excludes halogenated alkanes) is 1. The van der Waals surface area contributed by atoms with Crippen LogP contribution in [0, 0.1) is 11.5 Å². The molecule has 0 heteroatoms. The molecule has 0 nitrogen and oxygen atoms in total. The van der Waals surface area contributed by atoms with Crippen LogP contribution in [0.5, 0.6) is 0 Å². The molecular formula is C18H29. The molecule has 0 saturated heterocycles. The highest BCUT2D eigenvalue weighted by Crippen LogP contribution is 2.36. The summed E-state index contributed by atoms with van der Waals surface area (Å²) in [5, 5.41) is 0. The van der Waals surface area contributed by atoms with Crippen LogP contribution < -0.4 is 0 Å². The number of benzene rings is 1. The minimum atomic E-state index is 0.234. The van der Waals surface area contributed by atoms with Crippen LogP contribution in [0.3, 0.4) is 0 Å². The van der Waals surface area contributed by atoms with E-state index in [1.54, 1.807) is 0 Å². The zero-order valence-electron chi connectivity index (χ0n) is 13.1. The monoisotopic (exact) mass is 245 g/mol. The van der Waals surface area contributed by atoms with Gasteiger partial charge >= 0.3 is 0 Å². The normalized spacial score (nSPS) is 12.8. The van der Waals surface area contributed by atoms with Gasteiger partial charge in [-0.05, 0) is 47.3 Å². The van der Waals surface area contributed by atoms with E-state index in [-0.39, 0.29) is 5.41 Å². The largest absolute Gasteiger partial charge is 0.0654 e. The van der Waals surface area contributed by atoms with E-state index in [1.807, 2.05) is 0 Å². The summed E-state index contributed by atoms with van der Waals surface area (Å²) >= 11 is 0. The van der Waals surface area contributed by atoms with Gasteiger partial charge in [0.1, 0.15) is 0 Å². The van der Waals surface area contributed by atoms with Gasteiger partial charge in [-0.3, -0.25) is 0 Å². The lowest BCUT2D eigenvalue weighted by molar-refractivity contribution is 0.284. The fourth-order valence-corrected chi connectivity index (χ4v) is 2.83. The molecule has 0 aliphatic carbocycles. The summed E-state index contributed by atoms with van der Waals surface area (Å²) in [5.74, 6) is 0. The Kier molecular flexibility index (Phi) is 5.01. The van der Waals surface area contributed by atoms with Gasteiger partial charge in [0.05, 0.1) is 0 Å². The lowest BCUT2D eigenvalue weighted by atomic mass is 9.72. The first kappa shape index (κ1) is 15.3. The Balaban J connectivity index is 2.77. The van der Waals surface area contributed by atoms with Gasteiger partial charge in [-0.2, -0.15) is 0 Å². The molecule has 0 unspecified atom stereocenters. The Morgan fingerprint density at radius 2 is 1.72 bits per heavy atom. The van der Waals surface area contributed by atoms with Crippen molar-refractivity contribution in [2.45, 2.75) is 72.6 Å². The molecule has 0 saturated carbocycles.